The molecule has 8 aromatic carbocycles. The van der Waals surface area contributed by atoms with Gasteiger partial charge in [-0.1, -0.05) is 210 Å². The first kappa shape index (κ1) is 35.8. The van der Waals surface area contributed by atoms with E-state index in [1.54, 1.807) is 0 Å². The van der Waals surface area contributed by atoms with E-state index in [2.05, 4.69) is 216 Å². The molecule has 9 aromatic rings. The third kappa shape index (κ3) is 4.97. The summed E-state index contributed by atoms with van der Waals surface area (Å²) < 4.78 is 0. The number of hydrogen-bond donors (Lipinski definition) is 0. The van der Waals surface area contributed by atoms with E-state index in [-0.39, 0.29) is 10.8 Å². The summed E-state index contributed by atoms with van der Waals surface area (Å²) in [4.78, 5) is 10.5. The van der Waals surface area contributed by atoms with Crippen LogP contribution in [0.25, 0.3) is 67.3 Å². The van der Waals surface area contributed by atoms with Gasteiger partial charge in [0, 0.05) is 27.5 Å². The summed E-state index contributed by atoms with van der Waals surface area (Å²) >= 11 is 0. The molecule has 0 saturated carbocycles. The standard InChI is InChI=1S/C59H44N2/c1-57(2)46-23-10-8-19-42(46)44-34-33-40(35-52(44)57)54-36-53(60-56(61-54)39-17-6-5-7-18-39)38-31-29-37(30-32-38)41-21-16-22-45-43-20-9-11-24-47(43)59(55(41)45)50-27-14-12-25-48(50)58(3,4)49-26-13-15-28-51(49)59/h5-36H,1-4H3. The minimum atomic E-state index is -0.470. The van der Waals surface area contributed by atoms with Crippen LogP contribution in [-0.2, 0) is 16.2 Å². The second-order valence-electron chi connectivity index (χ2n) is 18.1. The van der Waals surface area contributed by atoms with Crippen molar-refractivity contribution in [3.8, 4) is 67.3 Å². The molecule has 2 heteroatoms. The van der Waals surface area contributed by atoms with E-state index in [9.17, 15) is 0 Å². The van der Waals surface area contributed by atoms with Crippen molar-refractivity contribution in [2.24, 2.45) is 0 Å². The monoisotopic (exact) mass is 780 g/mol. The highest BCUT2D eigenvalue weighted by molar-refractivity contribution is 5.94. The summed E-state index contributed by atoms with van der Waals surface area (Å²) in [5, 5.41) is 0. The van der Waals surface area contributed by atoms with Gasteiger partial charge >= 0.3 is 0 Å². The van der Waals surface area contributed by atoms with Crippen molar-refractivity contribution in [2.45, 2.75) is 43.9 Å². The molecule has 1 aromatic heterocycles. The van der Waals surface area contributed by atoms with E-state index >= 15 is 0 Å². The molecule has 3 aliphatic carbocycles. The SMILES string of the molecule is CC1(C)c2ccccc2-c2ccc(-c3cc(-c4ccc(-c5cccc6c5C5(c7ccccc7-6)c6ccccc6C(C)(C)c6ccccc65)cc4)nc(-c4ccccc4)n3)cc21. The van der Waals surface area contributed by atoms with Crippen LogP contribution in [0.15, 0.2) is 194 Å². The van der Waals surface area contributed by atoms with Crippen LogP contribution in [0, 0.1) is 0 Å². The maximum Gasteiger partial charge on any atom is 0.160 e. The molecule has 0 unspecified atom stereocenters. The number of fused-ring (bicyclic) bond motifs is 12. The molecule has 0 atom stereocenters. The first-order valence-electron chi connectivity index (χ1n) is 21.5. The van der Waals surface area contributed by atoms with E-state index in [4.69, 9.17) is 9.97 Å². The zero-order chi connectivity index (χ0) is 41.1. The number of hydrogen-bond acceptors (Lipinski definition) is 2. The molecule has 0 N–H and O–H groups in total. The van der Waals surface area contributed by atoms with Crippen LogP contribution in [-0.4, -0.2) is 9.97 Å². The van der Waals surface area contributed by atoms with Crippen molar-refractivity contribution < 1.29 is 0 Å². The highest BCUT2D eigenvalue weighted by Crippen LogP contribution is 2.63. The molecular weight excluding hydrogens is 737 g/mol. The van der Waals surface area contributed by atoms with Gasteiger partial charge in [0.25, 0.3) is 0 Å². The Kier molecular flexibility index (Phi) is 7.57. The Morgan fingerprint density at radius 2 is 0.754 bits per heavy atom. The maximum absolute atomic E-state index is 5.24. The molecular formula is C59H44N2. The van der Waals surface area contributed by atoms with Crippen molar-refractivity contribution >= 4 is 0 Å². The minimum Gasteiger partial charge on any atom is -0.228 e. The summed E-state index contributed by atoms with van der Waals surface area (Å²) in [6.07, 6.45) is 0. The van der Waals surface area contributed by atoms with Gasteiger partial charge in [-0.05, 0) is 90.0 Å². The summed E-state index contributed by atoms with van der Waals surface area (Å²) in [7, 11) is 0. The van der Waals surface area contributed by atoms with Gasteiger partial charge in [-0.3, -0.25) is 0 Å². The van der Waals surface area contributed by atoms with Crippen LogP contribution in [0.3, 0.4) is 0 Å². The van der Waals surface area contributed by atoms with Crippen LogP contribution >= 0.6 is 0 Å². The lowest BCUT2D eigenvalue weighted by molar-refractivity contribution is 0.563. The van der Waals surface area contributed by atoms with E-state index in [1.807, 2.05) is 6.07 Å². The summed E-state index contributed by atoms with van der Waals surface area (Å²) in [6.45, 7) is 9.43. The van der Waals surface area contributed by atoms with Crippen LogP contribution in [0.5, 0.6) is 0 Å². The zero-order valence-electron chi connectivity index (χ0n) is 34.9. The van der Waals surface area contributed by atoms with Gasteiger partial charge in [0.2, 0.25) is 0 Å². The normalized spacial score (nSPS) is 15.3. The Hall–Kier alpha value is -7.16. The van der Waals surface area contributed by atoms with Crippen LogP contribution < -0.4 is 0 Å². The fourth-order valence-corrected chi connectivity index (χ4v) is 11.3. The van der Waals surface area contributed by atoms with Crippen molar-refractivity contribution in [2.75, 3.05) is 0 Å². The molecule has 3 aliphatic rings. The predicted molar refractivity (Wildman–Crippen MR) is 251 cm³/mol. The smallest absolute Gasteiger partial charge is 0.160 e. The first-order valence-corrected chi connectivity index (χ1v) is 21.5. The highest BCUT2D eigenvalue weighted by atomic mass is 14.9. The molecule has 0 amide bonds. The van der Waals surface area contributed by atoms with Crippen molar-refractivity contribution in [1.29, 1.82) is 0 Å². The zero-order valence-corrected chi connectivity index (χ0v) is 34.9. The Morgan fingerprint density at radius 3 is 1.43 bits per heavy atom. The van der Waals surface area contributed by atoms with Crippen molar-refractivity contribution in [1.82, 2.24) is 9.97 Å². The summed E-state index contributed by atoms with van der Waals surface area (Å²) in [5.41, 5.74) is 22.8. The quantitative estimate of drug-likeness (QED) is 0.178. The van der Waals surface area contributed by atoms with E-state index in [0.717, 1.165) is 33.9 Å². The highest BCUT2D eigenvalue weighted by Gasteiger charge is 2.54. The van der Waals surface area contributed by atoms with Gasteiger partial charge in [0.05, 0.1) is 16.8 Å². The second kappa shape index (κ2) is 12.9. The van der Waals surface area contributed by atoms with Gasteiger partial charge in [0.1, 0.15) is 0 Å². The van der Waals surface area contributed by atoms with Gasteiger partial charge in [-0.25, -0.2) is 9.97 Å². The summed E-state index contributed by atoms with van der Waals surface area (Å²) in [6, 6.07) is 71.6. The lowest BCUT2D eigenvalue weighted by Crippen LogP contribution is -2.40. The number of benzene rings is 8. The maximum atomic E-state index is 5.24. The topological polar surface area (TPSA) is 25.8 Å². The molecule has 2 nitrogen and oxygen atoms in total. The van der Waals surface area contributed by atoms with Crippen molar-refractivity contribution in [3.63, 3.8) is 0 Å². The third-order valence-corrected chi connectivity index (χ3v) is 14.2. The minimum absolute atomic E-state index is 0.106. The molecule has 1 heterocycles. The molecule has 0 radical (unpaired) electrons. The third-order valence-electron chi connectivity index (χ3n) is 14.2. The van der Waals surface area contributed by atoms with Gasteiger partial charge < -0.3 is 0 Å². The van der Waals surface area contributed by atoms with Gasteiger partial charge in [-0.15, -0.1) is 0 Å². The number of nitrogens with zero attached hydrogens (tertiary/aromatic N) is 2. The fraction of sp³-hybridized carbons (Fsp3) is 0.119. The lowest BCUT2D eigenvalue weighted by atomic mass is 9.55. The average molecular weight is 781 g/mol. The molecule has 0 aliphatic heterocycles. The molecule has 0 fully saturated rings. The Labute approximate surface area is 358 Å². The average Bonchev–Trinajstić information content (AvgIpc) is 3.74. The van der Waals surface area contributed by atoms with E-state index in [0.29, 0.717) is 0 Å². The number of aromatic nitrogens is 2. The molecule has 12 rings (SSSR count). The Morgan fingerprint density at radius 1 is 0.295 bits per heavy atom. The van der Waals surface area contributed by atoms with Crippen LogP contribution in [0.2, 0.25) is 0 Å². The predicted octanol–water partition coefficient (Wildman–Crippen LogP) is 14.5. The molecule has 61 heavy (non-hydrogen) atoms. The fourth-order valence-electron chi connectivity index (χ4n) is 11.3. The molecule has 0 saturated heterocycles. The largest absolute Gasteiger partial charge is 0.228 e. The van der Waals surface area contributed by atoms with Gasteiger partial charge in [0.15, 0.2) is 5.82 Å². The molecule has 0 bridgehead atoms. The van der Waals surface area contributed by atoms with Crippen molar-refractivity contribution in [3.05, 3.63) is 239 Å². The Bertz CT molecular complexity index is 3190. The first-order chi connectivity index (χ1) is 29.8. The van der Waals surface area contributed by atoms with Gasteiger partial charge in [-0.2, -0.15) is 0 Å². The molecule has 290 valence electrons. The second-order valence-corrected chi connectivity index (χ2v) is 18.1. The molecule has 1 spiro atoms. The lowest BCUT2D eigenvalue weighted by Gasteiger charge is -2.47. The van der Waals surface area contributed by atoms with E-state index in [1.165, 1.54) is 77.9 Å². The summed E-state index contributed by atoms with van der Waals surface area (Å²) in [5.74, 6) is 0.721. The Balaban J connectivity index is 1.02. The van der Waals surface area contributed by atoms with E-state index < -0.39 is 5.41 Å². The van der Waals surface area contributed by atoms with Crippen LogP contribution in [0.1, 0.15) is 72.2 Å². The van der Waals surface area contributed by atoms with Crippen LogP contribution in [0.4, 0.5) is 0 Å². The number of rotatable bonds is 4.